The van der Waals surface area contributed by atoms with Gasteiger partial charge in [-0.3, -0.25) is 9.59 Å². The van der Waals surface area contributed by atoms with E-state index in [2.05, 4.69) is 4.74 Å². The highest BCUT2D eigenvalue weighted by molar-refractivity contribution is 7.10. The lowest BCUT2D eigenvalue weighted by Gasteiger charge is -2.25. The molecule has 94 valence electrons. The summed E-state index contributed by atoms with van der Waals surface area (Å²) in [5.74, 6) is -0.439. The van der Waals surface area contributed by atoms with Crippen LogP contribution in [-0.4, -0.2) is 36.5 Å². The zero-order chi connectivity index (χ0) is 12.8. The molecule has 1 aromatic heterocycles. The molecule has 1 heterocycles. The number of hydrogen-bond acceptors (Lipinski definition) is 4. The van der Waals surface area contributed by atoms with Gasteiger partial charge in [-0.25, -0.2) is 0 Å². The van der Waals surface area contributed by atoms with Crippen LogP contribution in [0, 0.1) is 0 Å². The van der Waals surface area contributed by atoms with E-state index >= 15 is 0 Å². The molecule has 0 aliphatic heterocycles. The van der Waals surface area contributed by atoms with Crippen LogP contribution in [0.5, 0.6) is 0 Å². The first kappa shape index (κ1) is 13.7. The zero-order valence-electron chi connectivity index (χ0n) is 10.3. The van der Waals surface area contributed by atoms with E-state index in [0.717, 1.165) is 4.88 Å². The molecular formula is C12H17NO3S. The van der Waals surface area contributed by atoms with E-state index < -0.39 is 5.97 Å². The van der Waals surface area contributed by atoms with Crippen molar-refractivity contribution in [2.24, 2.45) is 0 Å². The molecule has 17 heavy (non-hydrogen) atoms. The quantitative estimate of drug-likeness (QED) is 0.752. The molecule has 1 aromatic rings. The number of rotatable bonds is 5. The SMILES string of the molecule is COC(=O)CN(C(=O)Cc1cccs1)C(C)C. The van der Waals surface area contributed by atoms with Crippen LogP contribution in [-0.2, 0) is 20.7 Å². The maximum atomic E-state index is 12.0. The van der Waals surface area contributed by atoms with Gasteiger partial charge in [0.25, 0.3) is 0 Å². The lowest BCUT2D eigenvalue weighted by Crippen LogP contribution is -2.41. The third-order valence-corrected chi connectivity index (χ3v) is 3.25. The number of hydrogen-bond donors (Lipinski definition) is 0. The highest BCUT2D eigenvalue weighted by Crippen LogP contribution is 2.12. The summed E-state index contributed by atoms with van der Waals surface area (Å²) in [5.41, 5.74) is 0. The summed E-state index contributed by atoms with van der Waals surface area (Å²) in [6.45, 7) is 3.78. The van der Waals surface area contributed by atoms with Crippen LogP contribution in [0.4, 0.5) is 0 Å². The molecule has 4 nitrogen and oxygen atoms in total. The van der Waals surface area contributed by atoms with Gasteiger partial charge in [-0.2, -0.15) is 0 Å². The fraction of sp³-hybridized carbons (Fsp3) is 0.500. The summed E-state index contributed by atoms with van der Waals surface area (Å²) >= 11 is 1.54. The number of carbonyl (C=O) groups is 2. The van der Waals surface area contributed by atoms with Crippen molar-refractivity contribution in [3.8, 4) is 0 Å². The largest absolute Gasteiger partial charge is 0.468 e. The Labute approximate surface area is 105 Å². The van der Waals surface area contributed by atoms with Crippen LogP contribution in [0.25, 0.3) is 0 Å². The van der Waals surface area contributed by atoms with Gasteiger partial charge in [0.05, 0.1) is 13.5 Å². The van der Waals surface area contributed by atoms with Gasteiger partial charge >= 0.3 is 5.97 Å². The second kappa shape index (κ2) is 6.39. The molecule has 0 saturated heterocycles. The first-order valence-corrected chi connectivity index (χ1v) is 6.31. The first-order valence-electron chi connectivity index (χ1n) is 5.43. The number of carbonyl (C=O) groups excluding carboxylic acids is 2. The van der Waals surface area contributed by atoms with Gasteiger partial charge in [0.1, 0.15) is 6.54 Å². The Kier molecular flexibility index (Phi) is 5.15. The molecule has 1 amide bonds. The van der Waals surface area contributed by atoms with Gasteiger partial charge in [-0.15, -0.1) is 11.3 Å². The maximum absolute atomic E-state index is 12.0. The van der Waals surface area contributed by atoms with E-state index in [-0.39, 0.29) is 18.5 Å². The minimum absolute atomic E-state index is 0.0123. The summed E-state index contributed by atoms with van der Waals surface area (Å²) in [6.07, 6.45) is 0.340. The Hall–Kier alpha value is -1.36. The minimum Gasteiger partial charge on any atom is -0.468 e. The van der Waals surface area contributed by atoms with Crippen LogP contribution in [0.3, 0.4) is 0 Å². The van der Waals surface area contributed by atoms with Crippen molar-refractivity contribution in [1.29, 1.82) is 0 Å². The first-order chi connectivity index (χ1) is 8.04. The van der Waals surface area contributed by atoms with Crippen LogP contribution in [0.15, 0.2) is 17.5 Å². The van der Waals surface area contributed by atoms with Crippen molar-refractivity contribution < 1.29 is 14.3 Å². The molecule has 0 fully saturated rings. The smallest absolute Gasteiger partial charge is 0.325 e. The number of nitrogens with zero attached hydrogens (tertiary/aromatic N) is 1. The average Bonchev–Trinajstić information content (AvgIpc) is 2.77. The second-order valence-corrected chi connectivity index (χ2v) is 4.98. The van der Waals surface area contributed by atoms with E-state index in [0.29, 0.717) is 6.42 Å². The standard InChI is InChI=1S/C12H17NO3S/c1-9(2)13(8-12(15)16-3)11(14)7-10-5-4-6-17-10/h4-6,9H,7-8H2,1-3H3. The summed E-state index contributed by atoms with van der Waals surface area (Å²) in [6, 6.07) is 3.81. The average molecular weight is 255 g/mol. The minimum atomic E-state index is -0.391. The molecule has 0 aromatic carbocycles. The summed E-state index contributed by atoms with van der Waals surface area (Å²) in [7, 11) is 1.32. The number of esters is 1. The molecule has 0 saturated carbocycles. The van der Waals surface area contributed by atoms with Crippen LogP contribution in [0.2, 0.25) is 0 Å². The molecule has 5 heteroatoms. The van der Waals surface area contributed by atoms with Gasteiger partial charge < -0.3 is 9.64 Å². The Bertz CT molecular complexity index is 373. The van der Waals surface area contributed by atoms with E-state index in [4.69, 9.17) is 0 Å². The third kappa shape index (κ3) is 4.19. The van der Waals surface area contributed by atoms with Gasteiger partial charge in [-0.05, 0) is 25.3 Å². The van der Waals surface area contributed by atoms with Crippen molar-refractivity contribution in [2.45, 2.75) is 26.3 Å². The van der Waals surface area contributed by atoms with Crippen molar-refractivity contribution >= 4 is 23.2 Å². The zero-order valence-corrected chi connectivity index (χ0v) is 11.1. The van der Waals surface area contributed by atoms with Crippen LogP contribution in [0.1, 0.15) is 18.7 Å². The molecule has 0 radical (unpaired) electrons. The summed E-state index contributed by atoms with van der Waals surface area (Å²) < 4.78 is 4.59. The number of thiophene rings is 1. The Balaban J connectivity index is 2.64. The summed E-state index contributed by atoms with van der Waals surface area (Å²) in [4.78, 5) is 25.8. The molecule has 0 bridgehead atoms. The van der Waals surface area contributed by atoms with E-state index in [1.165, 1.54) is 12.0 Å². The molecule has 0 spiro atoms. The predicted octanol–water partition coefficient (Wildman–Crippen LogP) is 1.70. The maximum Gasteiger partial charge on any atom is 0.325 e. The van der Waals surface area contributed by atoms with Gasteiger partial charge in [0, 0.05) is 10.9 Å². The monoisotopic (exact) mass is 255 g/mol. The number of ether oxygens (including phenoxy) is 1. The van der Waals surface area contributed by atoms with Crippen LogP contribution < -0.4 is 0 Å². The Morgan fingerprint density at radius 2 is 2.18 bits per heavy atom. The Morgan fingerprint density at radius 1 is 1.47 bits per heavy atom. The highest BCUT2D eigenvalue weighted by Gasteiger charge is 2.20. The lowest BCUT2D eigenvalue weighted by atomic mass is 10.2. The topological polar surface area (TPSA) is 46.6 Å². The van der Waals surface area contributed by atoms with Crippen molar-refractivity contribution in [3.63, 3.8) is 0 Å². The van der Waals surface area contributed by atoms with E-state index in [9.17, 15) is 9.59 Å². The van der Waals surface area contributed by atoms with E-state index in [1.54, 1.807) is 11.3 Å². The molecule has 0 unspecified atom stereocenters. The molecule has 0 N–H and O–H groups in total. The predicted molar refractivity (Wildman–Crippen MR) is 66.9 cm³/mol. The second-order valence-electron chi connectivity index (χ2n) is 3.95. The lowest BCUT2D eigenvalue weighted by molar-refractivity contribution is -0.147. The third-order valence-electron chi connectivity index (χ3n) is 2.38. The normalized spacial score (nSPS) is 10.4. The molecule has 0 aliphatic rings. The fourth-order valence-electron chi connectivity index (χ4n) is 1.43. The summed E-state index contributed by atoms with van der Waals surface area (Å²) in [5, 5.41) is 1.93. The van der Waals surface area contributed by atoms with Crippen molar-refractivity contribution in [1.82, 2.24) is 4.90 Å². The molecule has 1 rings (SSSR count). The van der Waals surface area contributed by atoms with Gasteiger partial charge in [0.15, 0.2) is 0 Å². The fourth-order valence-corrected chi connectivity index (χ4v) is 2.12. The van der Waals surface area contributed by atoms with Gasteiger partial charge in [0.2, 0.25) is 5.91 Å². The van der Waals surface area contributed by atoms with E-state index in [1.807, 2.05) is 31.4 Å². The number of amides is 1. The Morgan fingerprint density at radius 3 is 2.65 bits per heavy atom. The van der Waals surface area contributed by atoms with Gasteiger partial charge in [-0.1, -0.05) is 6.07 Å². The molecule has 0 atom stereocenters. The van der Waals surface area contributed by atoms with Crippen molar-refractivity contribution in [3.05, 3.63) is 22.4 Å². The molecular weight excluding hydrogens is 238 g/mol. The van der Waals surface area contributed by atoms with Crippen LogP contribution >= 0.6 is 11.3 Å². The van der Waals surface area contributed by atoms with Crippen molar-refractivity contribution in [2.75, 3.05) is 13.7 Å². The highest BCUT2D eigenvalue weighted by atomic mass is 32.1. The number of methoxy groups -OCH3 is 1. The molecule has 0 aliphatic carbocycles.